The number of carboxylic acid groups (broad SMARTS) is 1. The summed E-state index contributed by atoms with van der Waals surface area (Å²) in [4.78, 5) is 21.1. The van der Waals surface area contributed by atoms with Gasteiger partial charge >= 0.3 is 5.97 Å². The molecule has 1 unspecified atom stereocenters. The summed E-state index contributed by atoms with van der Waals surface area (Å²) >= 11 is 0. The van der Waals surface area contributed by atoms with Crippen molar-refractivity contribution in [3.63, 3.8) is 0 Å². The van der Waals surface area contributed by atoms with E-state index >= 15 is 0 Å². The van der Waals surface area contributed by atoms with Crippen LogP contribution in [0.2, 0.25) is 0 Å². The number of anilines is 3. The number of nitrogens with two attached hydrogens (primary N) is 1. The molecule has 0 radical (unpaired) electrons. The smallest absolute Gasteiger partial charge is 0.327 e. The summed E-state index contributed by atoms with van der Waals surface area (Å²) in [5.41, 5.74) is 7.42. The number of fused-ring (bicyclic) bond motifs is 1. The van der Waals surface area contributed by atoms with Gasteiger partial charge in [0.1, 0.15) is 11.9 Å². The highest BCUT2D eigenvalue weighted by molar-refractivity contribution is 5.86. The number of aliphatic carboxylic acids is 1. The van der Waals surface area contributed by atoms with Gasteiger partial charge in [-0.05, 0) is 17.7 Å². The summed E-state index contributed by atoms with van der Waals surface area (Å²) in [5.74, 6) is -0.246. The number of hydrogen-bond donors (Lipinski definition) is 2. The number of hydrogen-bond acceptors (Lipinski definition) is 5. The Bertz CT molecular complexity index is 644. The SMILES string of the molecule is Nc1nccc(N2c3ccccc3CC2C(=O)O)n1. The second-order valence-electron chi connectivity index (χ2n) is 4.33. The summed E-state index contributed by atoms with van der Waals surface area (Å²) in [6.07, 6.45) is 1.98. The van der Waals surface area contributed by atoms with E-state index in [9.17, 15) is 9.90 Å². The number of carboxylic acids is 1. The molecule has 0 aliphatic carbocycles. The van der Waals surface area contributed by atoms with Gasteiger partial charge in [-0.15, -0.1) is 0 Å². The maximum atomic E-state index is 11.4. The average Bonchev–Trinajstić information content (AvgIpc) is 2.78. The molecule has 0 bridgehead atoms. The predicted octanol–water partition coefficient (Wildman–Crippen LogP) is 1.21. The molecule has 1 aliphatic heterocycles. The Balaban J connectivity index is 2.12. The lowest BCUT2D eigenvalue weighted by Gasteiger charge is -2.23. The number of para-hydroxylation sites is 1. The van der Waals surface area contributed by atoms with E-state index in [2.05, 4.69) is 9.97 Å². The van der Waals surface area contributed by atoms with Crippen LogP contribution in [0, 0.1) is 0 Å². The summed E-state index contributed by atoms with van der Waals surface area (Å²) < 4.78 is 0. The van der Waals surface area contributed by atoms with Crippen LogP contribution in [0.3, 0.4) is 0 Å². The zero-order valence-electron chi connectivity index (χ0n) is 10.0. The Morgan fingerprint density at radius 1 is 1.37 bits per heavy atom. The van der Waals surface area contributed by atoms with Gasteiger partial charge < -0.3 is 15.7 Å². The van der Waals surface area contributed by atoms with Crippen molar-refractivity contribution in [3.05, 3.63) is 42.1 Å². The van der Waals surface area contributed by atoms with Gasteiger partial charge in [-0.1, -0.05) is 18.2 Å². The van der Waals surface area contributed by atoms with Gasteiger partial charge in [0.25, 0.3) is 0 Å². The fourth-order valence-electron chi connectivity index (χ4n) is 2.36. The largest absolute Gasteiger partial charge is 0.480 e. The van der Waals surface area contributed by atoms with E-state index in [1.165, 1.54) is 6.20 Å². The van der Waals surface area contributed by atoms with Crippen LogP contribution < -0.4 is 10.6 Å². The summed E-state index contributed by atoms with van der Waals surface area (Å²) in [5, 5.41) is 9.37. The Hall–Kier alpha value is -2.63. The highest BCUT2D eigenvalue weighted by Gasteiger charge is 2.35. The number of aromatic nitrogens is 2. The van der Waals surface area contributed by atoms with Crippen LogP contribution in [0.1, 0.15) is 5.56 Å². The molecule has 96 valence electrons. The van der Waals surface area contributed by atoms with Crippen LogP contribution in [0.25, 0.3) is 0 Å². The Morgan fingerprint density at radius 2 is 2.16 bits per heavy atom. The molecule has 6 nitrogen and oxygen atoms in total. The van der Waals surface area contributed by atoms with Crippen LogP contribution in [0.4, 0.5) is 17.5 Å². The zero-order chi connectivity index (χ0) is 13.4. The van der Waals surface area contributed by atoms with Crippen molar-refractivity contribution in [1.82, 2.24) is 9.97 Å². The monoisotopic (exact) mass is 256 g/mol. The molecule has 1 aromatic heterocycles. The van der Waals surface area contributed by atoms with Gasteiger partial charge in [0.05, 0.1) is 0 Å². The second-order valence-corrected chi connectivity index (χ2v) is 4.33. The summed E-state index contributed by atoms with van der Waals surface area (Å²) in [7, 11) is 0. The van der Waals surface area contributed by atoms with Crippen LogP contribution in [-0.4, -0.2) is 27.1 Å². The standard InChI is InChI=1S/C13H12N4O2/c14-13-15-6-5-11(16-13)17-9-4-2-1-3-8(9)7-10(17)12(18)19/h1-6,10H,7H2,(H,18,19)(H2,14,15,16). The molecule has 0 saturated carbocycles. The van der Waals surface area contributed by atoms with E-state index in [1.807, 2.05) is 24.3 Å². The topological polar surface area (TPSA) is 92.3 Å². The van der Waals surface area contributed by atoms with Gasteiger partial charge in [0, 0.05) is 18.3 Å². The Morgan fingerprint density at radius 3 is 2.89 bits per heavy atom. The lowest BCUT2D eigenvalue weighted by molar-refractivity contribution is -0.138. The molecule has 19 heavy (non-hydrogen) atoms. The fraction of sp³-hybridized carbons (Fsp3) is 0.154. The quantitative estimate of drug-likeness (QED) is 0.839. The Labute approximate surface area is 109 Å². The van der Waals surface area contributed by atoms with Crippen molar-refractivity contribution in [2.45, 2.75) is 12.5 Å². The first-order valence-corrected chi connectivity index (χ1v) is 5.85. The summed E-state index contributed by atoms with van der Waals surface area (Å²) in [6, 6.07) is 8.59. The molecule has 0 fully saturated rings. The van der Waals surface area contributed by atoms with E-state index in [-0.39, 0.29) is 5.95 Å². The highest BCUT2D eigenvalue weighted by atomic mass is 16.4. The number of nitrogen functional groups attached to an aromatic ring is 1. The second kappa shape index (κ2) is 4.24. The minimum absolute atomic E-state index is 0.131. The van der Waals surface area contributed by atoms with Gasteiger partial charge in [0.15, 0.2) is 0 Å². The van der Waals surface area contributed by atoms with Crippen molar-refractivity contribution in [1.29, 1.82) is 0 Å². The van der Waals surface area contributed by atoms with Gasteiger partial charge in [-0.2, -0.15) is 4.98 Å². The fourth-order valence-corrected chi connectivity index (χ4v) is 2.36. The van der Waals surface area contributed by atoms with E-state index in [1.54, 1.807) is 11.0 Å². The molecule has 0 amide bonds. The first kappa shape index (κ1) is 11.5. The highest BCUT2D eigenvalue weighted by Crippen LogP contribution is 2.37. The molecule has 1 aliphatic rings. The van der Waals surface area contributed by atoms with Gasteiger partial charge in [-0.3, -0.25) is 0 Å². The third kappa shape index (κ3) is 1.87. The maximum Gasteiger partial charge on any atom is 0.327 e. The number of benzene rings is 1. The number of nitrogens with zero attached hydrogens (tertiary/aromatic N) is 3. The molecule has 0 spiro atoms. The molecular formula is C13H12N4O2. The van der Waals surface area contributed by atoms with Crippen LogP contribution in [0.5, 0.6) is 0 Å². The van der Waals surface area contributed by atoms with E-state index in [0.717, 1.165) is 11.3 Å². The Kier molecular flexibility index (Phi) is 2.56. The zero-order valence-corrected chi connectivity index (χ0v) is 10.0. The minimum atomic E-state index is -0.881. The minimum Gasteiger partial charge on any atom is -0.480 e. The van der Waals surface area contributed by atoms with Crippen LogP contribution in [-0.2, 0) is 11.2 Å². The van der Waals surface area contributed by atoms with Gasteiger partial charge in [-0.25, -0.2) is 9.78 Å². The first-order valence-electron chi connectivity index (χ1n) is 5.85. The van der Waals surface area contributed by atoms with E-state index in [4.69, 9.17) is 5.73 Å². The molecule has 1 atom stereocenters. The molecule has 3 rings (SSSR count). The van der Waals surface area contributed by atoms with Crippen molar-refractivity contribution >= 4 is 23.4 Å². The van der Waals surface area contributed by atoms with Gasteiger partial charge in [0.2, 0.25) is 5.95 Å². The molecule has 3 N–H and O–H groups in total. The molecule has 6 heteroatoms. The van der Waals surface area contributed by atoms with Crippen molar-refractivity contribution in [2.75, 3.05) is 10.6 Å². The normalized spacial score (nSPS) is 17.3. The third-order valence-corrected chi connectivity index (χ3v) is 3.17. The lowest BCUT2D eigenvalue weighted by Crippen LogP contribution is -2.35. The first-order chi connectivity index (χ1) is 9.16. The molecular weight excluding hydrogens is 244 g/mol. The van der Waals surface area contributed by atoms with Crippen molar-refractivity contribution in [2.24, 2.45) is 0 Å². The summed E-state index contributed by atoms with van der Waals surface area (Å²) in [6.45, 7) is 0. The van der Waals surface area contributed by atoms with Crippen molar-refractivity contribution in [3.8, 4) is 0 Å². The molecule has 2 aromatic rings. The van der Waals surface area contributed by atoms with Crippen LogP contribution >= 0.6 is 0 Å². The average molecular weight is 256 g/mol. The predicted molar refractivity (Wildman–Crippen MR) is 70.2 cm³/mol. The van der Waals surface area contributed by atoms with E-state index < -0.39 is 12.0 Å². The molecule has 2 heterocycles. The lowest BCUT2D eigenvalue weighted by atomic mass is 10.1. The van der Waals surface area contributed by atoms with E-state index in [0.29, 0.717) is 12.2 Å². The van der Waals surface area contributed by atoms with Crippen molar-refractivity contribution < 1.29 is 9.90 Å². The van der Waals surface area contributed by atoms with Crippen LogP contribution in [0.15, 0.2) is 36.5 Å². The third-order valence-electron chi connectivity index (χ3n) is 3.17. The molecule has 0 saturated heterocycles. The maximum absolute atomic E-state index is 11.4. The number of carbonyl (C=O) groups is 1. The molecule has 1 aromatic carbocycles. The number of rotatable bonds is 2.